The van der Waals surface area contributed by atoms with Gasteiger partial charge in [-0.1, -0.05) is 60.7 Å². The Kier molecular flexibility index (Phi) is 8.49. The van der Waals surface area contributed by atoms with E-state index in [9.17, 15) is 5.11 Å². The lowest BCUT2D eigenvalue weighted by molar-refractivity contribution is 0.00480. The Labute approximate surface area is 144 Å². The van der Waals surface area contributed by atoms with Gasteiger partial charge in [-0.25, -0.2) is 0 Å². The van der Waals surface area contributed by atoms with Crippen LogP contribution in [0.5, 0.6) is 0 Å². The van der Waals surface area contributed by atoms with Crippen molar-refractivity contribution in [2.45, 2.75) is 19.3 Å². The first kappa shape index (κ1) is 18.6. The summed E-state index contributed by atoms with van der Waals surface area (Å²) in [6.45, 7) is 3.63. The van der Waals surface area contributed by atoms with E-state index in [0.29, 0.717) is 26.4 Å². The third-order valence-corrected chi connectivity index (χ3v) is 3.75. The van der Waals surface area contributed by atoms with Gasteiger partial charge in [0.05, 0.1) is 25.9 Å². The molecule has 0 fully saturated rings. The molecule has 0 aliphatic heterocycles. The Balaban J connectivity index is 1.77. The molecule has 24 heavy (non-hydrogen) atoms. The summed E-state index contributed by atoms with van der Waals surface area (Å²) in [5.41, 5.74) is 2.34. The van der Waals surface area contributed by atoms with Gasteiger partial charge in [-0.05, 0) is 11.1 Å². The van der Waals surface area contributed by atoms with Crippen molar-refractivity contribution in [2.24, 2.45) is 0 Å². The second-order valence-corrected chi connectivity index (χ2v) is 5.87. The number of aliphatic hydroxyl groups excluding tert-OH is 1. The van der Waals surface area contributed by atoms with Crippen LogP contribution in [0.25, 0.3) is 0 Å². The van der Waals surface area contributed by atoms with Crippen molar-refractivity contribution >= 4 is 0 Å². The van der Waals surface area contributed by atoms with Crippen molar-refractivity contribution in [2.75, 3.05) is 33.4 Å². The van der Waals surface area contributed by atoms with Gasteiger partial charge in [0, 0.05) is 26.7 Å². The van der Waals surface area contributed by atoms with Gasteiger partial charge < -0.3 is 14.6 Å². The summed E-state index contributed by atoms with van der Waals surface area (Å²) < 4.78 is 10.8. The summed E-state index contributed by atoms with van der Waals surface area (Å²) in [7, 11) is 1.69. The van der Waals surface area contributed by atoms with Crippen LogP contribution in [0.1, 0.15) is 11.1 Å². The van der Waals surface area contributed by atoms with E-state index in [-0.39, 0.29) is 0 Å². The first-order valence-corrected chi connectivity index (χ1v) is 8.33. The van der Waals surface area contributed by atoms with Crippen molar-refractivity contribution in [1.82, 2.24) is 4.90 Å². The average molecular weight is 329 g/mol. The second-order valence-electron chi connectivity index (χ2n) is 5.87. The van der Waals surface area contributed by atoms with Crippen LogP contribution in [-0.2, 0) is 22.6 Å². The van der Waals surface area contributed by atoms with E-state index >= 15 is 0 Å². The van der Waals surface area contributed by atoms with Gasteiger partial charge in [0.1, 0.15) is 0 Å². The number of nitrogens with zero attached hydrogens (tertiary/aromatic N) is 1. The Bertz CT molecular complexity index is 547. The fourth-order valence-electron chi connectivity index (χ4n) is 2.53. The minimum atomic E-state index is -0.519. The zero-order valence-electron chi connectivity index (χ0n) is 14.3. The zero-order chi connectivity index (χ0) is 17.0. The molecule has 1 N–H and O–H groups in total. The minimum Gasteiger partial charge on any atom is -0.389 e. The lowest BCUT2D eigenvalue weighted by Crippen LogP contribution is -2.36. The fourth-order valence-corrected chi connectivity index (χ4v) is 2.53. The quantitative estimate of drug-likeness (QED) is 0.688. The maximum Gasteiger partial charge on any atom is 0.0900 e. The minimum absolute atomic E-state index is 0.327. The molecule has 0 unspecified atom stereocenters. The number of ether oxygens (including phenoxy) is 2. The van der Waals surface area contributed by atoms with Crippen molar-refractivity contribution in [3.05, 3.63) is 71.8 Å². The number of aliphatic hydroxyl groups is 1. The Morgan fingerprint density at radius 2 is 1.58 bits per heavy atom. The molecule has 0 saturated heterocycles. The molecule has 0 radical (unpaired) electrons. The zero-order valence-corrected chi connectivity index (χ0v) is 14.3. The molecular formula is C20H27NO3. The van der Waals surface area contributed by atoms with E-state index in [2.05, 4.69) is 17.0 Å². The van der Waals surface area contributed by atoms with Crippen molar-refractivity contribution in [3.63, 3.8) is 0 Å². The maximum absolute atomic E-state index is 10.3. The van der Waals surface area contributed by atoms with Gasteiger partial charge in [0.15, 0.2) is 0 Å². The van der Waals surface area contributed by atoms with Crippen LogP contribution in [0.4, 0.5) is 0 Å². The molecule has 0 heterocycles. The summed E-state index contributed by atoms with van der Waals surface area (Å²) in [6.07, 6.45) is -0.519. The van der Waals surface area contributed by atoms with E-state index in [1.165, 1.54) is 5.56 Å². The maximum atomic E-state index is 10.3. The highest BCUT2D eigenvalue weighted by Crippen LogP contribution is 2.06. The molecule has 0 aromatic heterocycles. The van der Waals surface area contributed by atoms with Gasteiger partial charge in [0.25, 0.3) is 0 Å². The summed E-state index contributed by atoms with van der Waals surface area (Å²) in [5.74, 6) is 0. The number of hydrogen-bond acceptors (Lipinski definition) is 4. The van der Waals surface area contributed by atoms with Gasteiger partial charge in [-0.3, -0.25) is 4.90 Å². The van der Waals surface area contributed by atoms with E-state index in [4.69, 9.17) is 9.47 Å². The highest BCUT2D eigenvalue weighted by atomic mass is 16.5. The van der Waals surface area contributed by atoms with Crippen LogP contribution in [0.2, 0.25) is 0 Å². The molecule has 2 rings (SSSR count). The lowest BCUT2D eigenvalue weighted by atomic mass is 10.2. The van der Waals surface area contributed by atoms with Gasteiger partial charge in [-0.15, -0.1) is 0 Å². The number of methoxy groups -OCH3 is 1. The molecule has 0 bridgehead atoms. The SMILES string of the molecule is COCCN(Cc1ccccc1)C[C@H](O)COCc1ccccc1. The molecule has 0 saturated carbocycles. The van der Waals surface area contributed by atoms with Crippen LogP contribution in [0.15, 0.2) is 60.7 Å². The third-order valence-electron chi connectivity index (χ3n) is 3.75. The molecule has 0 aliphatic carbocycles. The Morgan fingerprint density at radius 1 is 0.958 bits per heavy atom. The molecule has 2 aromatic carbocycles. The molecule has 1 atom stereocenters. The number of benzene rings is 2. The first-order chi connectivity index (χ1) is 11.8. The van der Waals surface area contributed by atoms with E-state index in [1.807, 2.05) is 48.5 Å². The third kappa shape index (κ3) is 7.23. The largest absolute Gasteiger partial charge is 0.389 e. The Morgan fingerprint density at radius 3 is 2.21 bits per heavy atom. The highest BCUT2D eigenvalue weighted by molar-refractivity contribution is 5.14. The summed E-state index contributed by atoms with van der Waals surface area (Å²) in [6, 6.07) is 20.3. The Hall–Kier alpha value is -1.72. The molecule has 0 aliphatic rings. The van der Waals surface area contributed by atoms with Crippen LogP contribution in [-0.4, -0.2) is 49.5 Å². The predicted octanol–water partition coefficient (Wildman–Crippen LogP) is 2.71. The molecule has 0 spiro atoms. The topological polar surface area (TPSA) is 41.9 Å². The van der Waals surface area contributed by atoms with Gasteiger partial charge >= 0.3 is 0 Å². The molecule has 0 amide bonds. The van der Waals surface area contributed by atoms with E-state index in [1.54, 1.807) is 7.11 Å². The van der Waals surface area contributed by atoms with E-state index < -0.39 is 6.10 Å². The van der Waals surface area contributed by atoms with E-state index in [0.717, 1.165) is 18.7 Å². The standard InChI is InChI=1S/C20H27NO3/c1-23-13-12-21(14-18-8-4-2-5-9-18)15-20(22)17-24-16-19-10-6-3-7-11-19/h2-11,20,22H,12-17H2,1H3/t20-/m0/s1. The lowest BCUT2D eigenvalue weighted by Gasteiger charge is -2.25. The molecule has 4 nitrogen and oxygen atoms in total. The molecule has 2 aromatic rings. The highest BCUT2D eigenvalue weighted by Gasteiger charge is 2.12. The van der Waals surface area contributed by atoms with Crippen molar-refractivity contribution in [3.8, 4) is 0 Å². The summed E-state index contributed by atoms with van der Waals surface area (Å²) >= 11 is 0. The average Bonchev–Trinajstić information content (AvgIpc) is 2.61. The first-order valence-electron chi connectivity index (χ1n) is 8.33. The van der Waals surface area contributed by atoms with Crippen LogP contribution in [0.3, 0.4) is 0 Å². The van der Waals surface area contributed by atoms with Crippen molar-refractivity contribution < 1.29 is 14.6 Å². The summed E-state index contributed by atoms with van der Waals surface area (Å²) in [5, 5.41) is 10.3. The second kappa shape index (κ2) is 10.9. The smallest absolute Gasteiger partial charge is 0.0900 e. The number of hydrogen-bond donors (Lipinski definition) is 1. The van der Waals surface area contributed by atoms with Crippen LogP contribution >= 0.6 is 0 Å². The van der Waals surface area contributed by atoms with Gasteiger partial charge in [0.2, 0.25) is 0 Å². The monoisotopic (exact) mass is 329 g/mol. The molecular weight excluding hydrogens is 302 g/mol. The normalized spacial score (nSPS) is 12.5. The van der Waals surface area contributed by atoms with Crippen molar-refractivity contribution in [1.29, 1.82) is 0 Å². The molecule has 4 heteroatoms. The fraction of sp³-hybridized carbons (Fsp3) is 0.400. The summed E-state index contributed by atoms with van der Waals surface area (Å²) in [4.78, 5) is 2.19. The van der Waals surface area contributed by atoms with Gasteiger partial charge in [-0.2, -0.15) is 0 Å². The number of rotatable bonds is 11. The predicted molar refractivity (Wildman–Crippen MR) is 95.7 cm³/mol. The molecule has 130 valence electrons. The van der Waals surface area contributed by atoms with Crippen LogP contribution < -0.4 is 0 Å². The van der Waals surface area contributed by atoms with Crippen LogP contribution in [0, 0.1) is 0 Å².